The van der Waals surface area contributed by atoms with Crippen LogP contribution >= 0.6 is 7.92 Å². The Bertz CT molecular complexity index is 768. The first-order valence-corrected chi connectivity index (χ1v) is 9.88. The molecule has 0 N–H and O–H groups in total. The van der Waals surface area contributed by atoms with Crippen LogP contribution in [0.3, 0.4) is 0 Å². The molecule has 1 aliphatic heterocycles. The number of hydrogen-bond donors (Lipinski definition) is 0. The fourth-order valence-electron chi connectivity index (χ4n) is 3.88. The fourth-order valence-corrected chi connectivity index (χ4v) is 7.66. The summed E-state index contributed by atoms with van der Waals surface area (Å²) in [6.07, 6.45) is 0. The van der Waals surface area contributed by atoms with Crippen LogP contribution in [0.4, 0.5) is 0 Å². The third-order valence-electron chi connectivity index (χ3n) is 4.49. The highest BCUT2D eigenvalue weighted by molar-refractivity contribution is 7.69. The average Bonchev–Trinajstić information content (AvgIpc) is 2.83. The lowest BCUT2D eigenvalue weighted by Crippen LogP contribution is -2.31. The maximum absolute atomic E-state index is 6.39. The minimum Gasteiger partial charge on any atom is -0.496 e. The first-order chi connectivity index (χ1) is 11.7. The van der Waals surface area contributed by atoms with E-state index in [-0.39, 0.29) is 10.5 Å². The smallest absolute Gasteiger partial charge is 0.130 e. The number of fused-ring (bicyclic) bond motifs is 1. The lowest BCUT2D eigenvalue weighted by molar-refractivity contribution is 0.210. The molecule has 3 nitrogen and oxygen atoms in total. The molecule has 25 heavy (non-hydrogen) atoms. The maximum atomic E-state index is 6.39. The van der Waals surface area contributed by atoms with Crippen molar-refractivity contribution in [3.63, 3.8) is 0 Å². The van der Waals surface area contributed by atoms with Crippen molar-refractivity contribution in [2.45, 2.75) is 45.1 Å². The predicted molar refractivity (Wildman–Crippen MR) is 106 cm³/mol. The van der Waals surface area contributed by atoms with Gasteiger partial charge < -0.3 is 14.2 Å². The van der Waals surface area contributed by atoms with Gasteiger partial charge in [-0.05, 0) is 45.1 Å². The van der Waals surface area contributed by atoms with Crippen LogP contribution < -0.4 is 19.5 Å². The van der Waals surface area contributed by atoms with Crippen molar-refractivity contribution in [2.24, 2.45) is 0 Å². The van der Waals surface area contributed by atoms with Crippen LogP contribution in [-0.2, 0) is 0 Å². The molecule has 0 saturated carbocycles. The molecular formula is C21H27O3P. The van der Waals surface area contributed by atoms with Gasteiger partial charge in [0.25, 0.3) is 0 Å². The van der Waals surface area contributed by atoms with Gasteiger partial charge in [-0.15, -0.1) is 0 Å². The Labute approximate surface area is 152 Å². The van der Waals surface area contributed by atoms with Gasteiger partial charge in [-0.1, -0.05) is 39.0 Å². The van der Waals surface area contributed by atoms with E-state index in [9.17, 15) is 0 Å². The molecule has 0 aromatic heterocycles. The zero-order valence-electron chi connectivity index (χ0n) is 16.1. The summed E-state index contributed by atoms with van der Waals surface area (Å²) in [6.45, 7) is 11.3. The number of rotatable bonds is 3. The topological polar surface area (TPSA) is 27.7 Å². The second-order valence-electron chi connectivity index (χ2n) is 7.74. The molecule has 134 valence electrons. The Kier molecular flexibility index (Phi) is 4.49. The Hall–Kier alpha value is -1.73. The van der Waals surface area contributed by atoms with Gasteiger partial charge in [0, 0.05) is 10.9 Å². The van der Waals surface area contributed by atoms with Gasteiger partial charge in [-0.3, -0.25) is 0 Å². The molecule has 2 aromatic rings. The van der Waals surface area contributed by atoms with Gasteiger partial charge >= 0.3 is 0 Å². The van der Waals surface area contributed by atoms with Crippen LogP contribution in [0.25, 0.3) is 11.1 Å². The zero-order valence-corrected chi connectivity index (χ0v) is 17.0. The Balaban J connectivity index is 2.33. The van der Waals surface area contributed by atoms with Crippen LogP contribution in [-0.4, -0.2) is 24.7 Å². The summed E-state index contributed by atoms with van der Waals surface area (Å²) in [5.41, 5.74) is 2.15. The van der Waals surface area contributed by atoms with Gasteiger partial charge in [-0.25, -0.2) is 0 Å². The van der Waals surface area contributed by atoms with E-state index in [2.05, 4.69) is 52.8 Å². The molecule has 1 heterocycles. The highest BCUT2D eigenvalue weighted by atomic mass is 31.1. The van der Waals surface area contributed by atoms with Crippen molar-refractivity contribution in [3.05, 3.63) is 36.4 Å². The van der Waals surface area contributed by atoms with Gasteiger partial charge in [-0.2, -0.15) is 0 Å². The van der Waals surface area contributed by atoms with Gasteiger partial charge in [0.05, 0.1) is 19.8 Å². The number of benzene rings is 2. The van der Waals surface area contributed by atoms with Crippen LogP contribution in [0.5, 0.6) is 17.2 Å². The van der Waals surface area contributed by atoms with Gasteiger partial charge in [0.1, 0.15) is 22.6 Å². The molecule has 0 spiro atoms. The molecule has 0 saturated heterocycles. The fraction of sp³-hybridized carbons (Fsp3) is 0.429. The first kappa shape index (κ1) is 18.1. The van der Waals surface area contributed by atoms with Crippen molar-refractivity contribution in [1.82, 2.24) is 0 Å². The van der Waals surface area contributed by atoms with E-state index in [1.54, 1.807) is 14.2 Å². The first-order valence-electron chi connectivity index (χ1n) is 8.54. The molecule has 4 heteroatoms. The van der Waals surface area contributed by atoms with E-state index < -0.39 is 7.92 Å². The molecule has 0 bridgehead atoms. The van der Waals surface area contributed by atoms with E-state index in [0.29, 0.717) is 0 Å². The summed E-state index contributed by atoms with van der Waals surface area (Å²) in [5.74, 6) is 2.62. The second-order valence-corrected chi connectivity index (χ2v) is 11.3. The van der Waals surface area contributed by atoms with Crippen molar-refractivity contribution >= 4 is 13.2 Å². The SMILES string of the molecule is COc1cccc(OC)c1-c1cccc2c1P(C(C)(C)C)C(C)(C)O2. The third kappa shape index (κ3) is 3.00. The van der Waals surface area contributed by atoms with Crippen LogP contribution in [0.15, 0.2) is 36.4 Å². The minimum atomic E-state index is -0.558. The molecule has 1 atom stereocenters. The normalized spacial score (nSPS) is 18.4. The average molecular weight is 358 g/mol. The highest BCUT2D eigenvalue weighted by Gasteiger charge is 2.48. The van der Waals surface area contributed by atoms with Crippen LogP contribution in [0, 0.1) is 0 Å². The quantitative estimate of drug-likeness (QED) is 0.687. The van der Waals surface area contributed by atoms with Gasteiger partial charge in [0.15, 0.2) is 0 Å². The van der Waals surface area contributed by atoms with Crippen molar-refractivity contribution < 1.29 is 14.2 Å². The summed E-state index contributed by atoms with van der Waals surface area (Å²) in [7, 11) is 2.85. The molecule has 0 aliphatic carbocycles. The van der Waals surface area contributed by atoms with E-state index in [0.717, 1.165) is 28.4 Å². The van der Waals surface area contributed by atoms with E-state index >= 15 is 0 Å². The molecule has 1 aliphatic rings. The predicted octanol–water partition coefficient (Wildman–Crippen LogP) is 5.41. The van der Waals surface area contributed by atoms with Crippen molar-refractivity contribution in [1.29, 1.82) is 0 Å². The summed E-state index contributed by atoms with van der Waals surface area (Å²) in [4.78, 5) is 0. The largest absolute Gasteiger partial charge is 0.496 e. The summed E-state index contributed by atoms with van der Waals surface area (Å²) in [5, 5.41) is 1.22. The third-order valence-corrected chi connectivity index (χ3v) is 7.91. The van der Waals surface area contributed by atoms with Crippen molar-refractivity contribution in [3.8, 4) is 28.4 Å². The number of ether oxygens (including phenoxy) is 3. The maximum Gasteiger partial charge on any atom is 0.130 e. The summed E-state index contributed by atoms with van der Waals surface area (Å²) in [6, 6.07) is 12.2. The molecule has 2 aromatic carbocycles. The number of methoxy groups -OCH3 is 2. The Morgan fingerprint density at radius 2 is 1.48 bits per heavy atom. The molecule has 0 fully saturated rings. The highest BCUT2D eigenvalue weighted by Crippen LogP contribution is 2.65. The molecule has 3 rings (SSSR count). The van der Waals surface area contributed by atoms with Crippen molar-refractivity contribution in [2.75, 3.05) is 14.2 Å². The van der Waals surface area contributed by atoms with Crippen LogP contribution in [0.1, 0.15) is 34.6 Å². The summed E-state index contributed by atoms with van der Waals surface area (Å²) >= 11 is 0. The zero-order chi connectivity index (χ0) is 18.4. The Morgan fingerprint density at radius 3 is 2.00 bits per heavy atom. The van der Waals surface area contributed by atoms with E-state index in [1.165, 1.54) is 5.30 Å². The van der Waals surface area contributed by atoms with Crippen LogP contribution in [0.2, 0.25) is 0 Å². The van der Waals surface area contributed by atoms with Gasteiger partial charge in [0.2, 0.25) is 0 Å². The number of hydrogen-bond acceptors (Lipinski definition) is 3. The lowest BCUT2D eigenvalue weighted by atomic mass is 10.0. The lowest BCUT2D eigenvalue weighted by Gasteiger charge is -2.37. The molecule has 1 unspecified atom stereocenters. The molecule has 0 radical (unpaired) electrons. The second kappa shape index (κ2) is 6.21. The summed E-state index contributed by atoms with van der Waals surface area (Å²) < 4.78 is 17.7. The monoisotopic (exact) mass is 358 g/mol. The minimum absolute atomic E-state index is 0.120. The van der Waals surface area contributed by atoms with E-state index in [4.69, 9.17) is 14.2 Å². The standard InChI is InChI=1S/C21H27O3P/c1-20(2,3)25-19-14(10-8-13-17(19)24-21(25,4)5)18-15(22-6)11-9-12-16(18)23-7/h8-13H,1-7H3. The molecule has 0 amide bonds. The molecular weight excluding hydrogens is 331 g/mol. The Morgan fingerprint density at radius 1 is 0.920 bits per heavy atom. The van der Waals surface area contributed by atoms with E-state index in [1.807, 2.05) is 18.2 Å².